The van der Waals surface area contributed by atoms with Gasteiger partial charge in [-0.3, -0.25) is 0 Å². The third kappa shape index (κ3) is 6.88. The Hall–Kier alpha value is -3.75. The number of halogens is 2. The average molecular weight is 494 g/mol. The third-order valence-corrected chi connectivity index (χ3v) is 5.34. The average Bonchev–Trinajstić information content (AvgIpc) is 2.83. The molecule has 1 aromatic heterocycles. The highest BCUT2D eigenvalue weighted by atomic mass is 35.5. The van der Waals surface area contributed by atoms with Crippen molar-refractivity contribution in [3.05, 3.63) is 89.0 Å². The minimum Gasteiger partial charge on any atom is -0.487 e. The van der Waals surface area contributed by atoms with E-state index in [0.29, 0.717) is 23.2 Å². The molecule has 180 valence electrons. The molecule has 0 radical (unpaired) electrons. The molecule has 4 rings (SSSR count). The molecule has 0 spiro atoms. The van der Waals surface area contributed by atoms with E-state index < -0.39 is 0 Å². The highest BCUT2D eigenvalue weighted by Crippen LogP contribution is 2.31. The summed E-state index contributed by atoms with van der Waals surface area (Å²) in [5.74, 6) is 0.824. The Bertz CT molecular complexity index is 1330. The first-order valence-corrected chi connectivity index (χ1v) is 11.3. The summed E-state index contributed by atoms with van der Waals surface area (Å²) < 4.78 is 19.1. The van der Waals surface area contributed by atoms with Crippen LogP contribution in [0, 0.1) is 5.82 Å². The second kappa shape index (κ2) is 11.6. The lowest BCUT2D eigenvalue weighted by atomic mass is 10.1. The number of fused-ring (bicyclic) bond motifs is 1. The number of hydrogen-bond donors (Lipinski definition) is 1. The van der Waals surface area contributed by atoms with Crippen molar-refractivity contribution in [1.82, 2.24) is 14.9 Å². The van der Waals surface area contributed by atoms with Crippen LogP contribution < -0.4 is 10.1 Å². The van der Waals surface area contributed by atoms with Crippen LogP contribution in [0.25, 0.3) is 10.9 Å². The molecule has 0 aliphatic carbocycles. The first kappa shape index (κ1) is 24.4. The summed E-state index contributed by atoms with van der Waals surface area (Å²) in [6, 6.07) is 17.4. The lowest BCUT2D eigenvalue weighted by Crippen LogP contribution is -2.16. The van der Waals surface area contributed by atoms with Gasteiger partial charge in [-0.15, -0.1) is 0 Å². The summed E-state index contributed by atoms with van der Waals surface area (Å²) in [5, 5.41) is 8.57. The maximum Gasteiger partial charge on any atom is 0.141 e. The van der Waals surface area contributed by atoms with Crippen LogP contribution >= 0.6 is 11.6 Å². The molecule has 1 N–H and O–H groups in total. The van der Waals surface area contributed by atoms with Crippen LogP contribution in [-0.2, 0) is 11.4 Å². The predicted molar refractivity (Wildman–Crippen MR) is 137 cm³/mol. The predicted octanol–water partition coefficient (Wildman–Crippen LogP) is 5.66. The van der Waals surface area contributed by atoms with Crippen molar-refractivity contribution in [1.29, 1.82) is 0 Å². The molecule has 1 heterocycles. The number of benzene rings is 3. The lowest BCUT2D eigenvalue weighted by molar-refractivity contribution is 0.127. The quantitative estimate of drug-likeness (QED) is 0.175. The van der Waals surface area contributed by atoms with Gasteiger partial charge in [-0.1, -0.05) is 35.0 Å². The van der Waals surface area contributed by atoms with Gasteiger partial charge in [0.1, 0.15) is 36.9 Å². The summed E-state index contributed by atoms with van der Waals surface area (Å²) in [4.78, 5) is 16.1. The highest BCUT2D eigenvalue weighted by Gasteiger charge is 2.08. The van der Waals surface area contributed by atoms with Crippen molar-refractivity contribution in [3.8, 4) is 5.75 Å². The van der Waals surface area contributed by atoms with E-state index in [1.165, 1.54) is 18.5 Å². The number of ether oxygens (including phenoxy) is 1. The van der Waals surface area contributed by atoms with Crippen molar-refractivity contribution < 1.29 is 14.0 Å². The molecular weight excluding hydrogens is 469 g/mol. The zero-order valence-electron chi connectivity index (χ0n) is 19.4. The topological polar surface area (TPSA) is 71.9 Å². The smallest absolute Gasteiger partial charge is 0.141 e. The van der Waals surface area contributed by atoms with Gasteiger partial charge in [0.2, 0.25) is 0 Å². The molecule has 0 saturated heterocycles. The molecule has 0 bridgehead atoms. The normalized spacial score (nSPS) is 11.3. The highest BCUT2D eigenvalue weighted by molar-refractivity contribution is 6.32. The Labute approximate surface area is 208 Å². The van der Waals surface area contributed by atoms with Crippen molar-refractivity contribution in [3.63, 3.8) is 0 Å². The molecule has 0 atom stereocenters. The Balaban J connectivity index is 1.46. The molecule has 4 aromatic rings. The molecule has 35 heavy (non-hydrogen) atoms. The minimum atomic E-state index is -0.305. The fourth-order valence-corrected chi connectivity index (χ4v) is 3.48. The van der Waals surface area contributed by atoms with Crippen LogP contribution in [0.4, 0.5) is 15.9 Å². The van der Waals surface area contributed by atoms with Gasteiger partial charge in [0, 0.05) is 17.6 Å². The van der Waals surface area contributed by atoms with E-state index in [2.05, 4.69) is 20.4 Å². The van der Waals surface area contributed by atoms with E-state index in [4.69, 9.17) is 21.2 Å². The summed E-state index contributed by atoms with van der Waals surface area (Å²) in [7, 11) is 3.96. The maximum absolute atomic E-state index is 13.4. The van der Waals surface area contributed by atoms with E-state index in [-0.39, 0.29) is 12.4 Å². The van der Waals surface area contributed by atoms with Gasteiger partial charge in [0.15, 0.2) is 0 Å². The first-order valence-electron chi connectivity index (χ1n) is 11.0. The zero-order chi connectivity index (χ0) is 24.6. The van der Waals surface area contributed by atoms with Crippen LogP contribution in [0.3, 0.4) is 0 Å². The van der Waals surface area contributed by atoms with E-state index >= 15 is 0 Å². The molecule has 7 nitrogen and oxygen atoms in total. The van der Waals surface area contributed by atoms with E-state index in [1.54, 1.807) is 30.5 Å². The fraction of sp³-hybridized carbons (Fsp3) is 0.192. The molecule has 0 aliphatic heterocycles. The van der Waals surface area contributed by atoms with Gasteiger partial charge in [0.05, 0.1) is 16.8 Å². The fourth-order valence-electron chi connectivity index (χ4n) is 3.25. The minimum absolute atomic E-state index is 0.212. The summed E-state index contributed by atoms with van der Waals surface area (Å²) in [5.41, 5.74) is 3.10. The Morgan fingerprint density at radius 2 is 1.97 bits per heavy atom. The number of likely N-dealkylation sites (N-methyl/N-ethyl adjacent to an activating group) is 1. The van der Waals surface area contributed by atoms with Gasteiger partial charge < -0.3 is 19.8 Å². The molecule has 9 heteroatoms. The molecule has 0 aliphatic rings. The van der Waals surface area contributed by atoms with Crippen LogP contribution in [0.1, 0.15) is 11.1 Å². The number of hydrogen-bond acceptors (Lipinski definition) is 7. The van der Waals surface area contributed by atoms with Gasteiger partial charge in [-0.25, -0.2) is 14.4 Å². The van der Waals surface area contributed by atoms with E-state index in [9.17, 15) is 4.39 Å². The molecule has 0 amide bonds. The van der Waals surface area contributed by atoms with Gasteiger partial charge >= 0.3 is 0 Å². The van der Waals surface area contributed by atoms with Crippen LogP contribution in [0.2, 0.25) is 5.02 Å². The number of nitrogens with zero attached hydrogens (tertiary/aromatic N) is 4. The molecule has 0 fully saturated rings. The summed E-state index contributed by atoms with van der Waals surface area (Å²) in [6.07, 6.45) is 3.16. The van der Waals surface area contributed by atoms with Gasteiger partial charge in [0.25, 0.3) is 0 Å². The number of aromatic nitrogens is 2. The molecule has 3 aromatic carbocycles. The molecule has 0 unspecified atom stereocenters. The SMILES string of the molecule is CN(C)CCO/N=C/c1ccc2ncnc(Nc3ccc(OCc4cccc(F)c4)c(Cl)c3)c2c1. The van der Waals surface area contributed by atoms with Crippen LogP contribution in [0.15, 0.2) is 72.1 Å². The van der Waals surface area contributed by atoms with Crippen molar-refractivity contribution in [2.75, 3.05) is 32.6 Å². The summed E-state index contributed by atoms with van der Waals surface area (Å²) in [6.45, 7) is 1.51. The second-order valence-corrected chi connectivity index (χ2v) is 8.47. The van der Waals surface area contributed by atoms with Crippen molar-refractivity contribution >= 4 is 40.2 Å². The maximum atomic E-state index is 13.4. The number of rotatable bonds is 10. The van der Waals surface area contributed by atoms with Gasteiger partial charge in [-0.2, -0.15) is 0 Å². The standard InChI is InChI=1S/C26H25ClFN5O2/c1-33(2)10-11-35-31-15-18-6-8-24-22(13-18)26(30-17-29-24)32-21-7-9-25(23(27)14-21)34-16-19-4-3-5-20(28)12-19/h3-9,12-15,17H,10-11,16H2,1-2H3,(H,29,30,32)/b31-15+. The molecular formula is C26H25ClFN5O2. The third-order valence-electron chi connectivity index (χ3n) is 5.04. The van der Waals surface area contributed by atoms with Crippen molar-refractivity contribution in [2.24, 2.45) is 5.16 Å². The first-order chi connectivity index (χ1) is 17.0. The second-order valence-electron chi connectivity index (χ2n) is 8.06. The Morgan fingerprint density at radius 1 is 1.09 bits per heavy atom. The number of anilines is 2. The molecule has 0 saturated carbocycles. The Morgan fingerprint density at radius 3 is 2.77 bits per heavy atom. The largest absolute Gasteiger partial charge is 0.487 e. The number of oxime groups is 1. The zero-order valence-corrected chi connectivity index (χ0v) is 20.2. The van der Waals surface area contributed by atoms with Crippen LogP contribution in [0.5, 0.6) is 5.75 Å². The van der Waals surface area contributed by atoms with E-state index in [1.807, 2.05) is 43.3 Å². The summed E-state index contributed by atoms with van der Waals surface area (Å²) >= 11 is 6.43. The van der Waals surface area contributed by atoms with Crippen molar-refractivity contribution in [2.45, 2.75) is 6.61 Å². The monoisotopic (exact) mass is 493 g/mol. The lowest BCUT2D eigenvalue weighted by Gasteiger charge is -2.12. The van der Waals surface area contributed by atoms with Gasteiger partial charge in [-0.05, 0) is 67.7 Å². The Kier molecular flexibility index (Phi) is 8.07. The number of nitrogens with one attached hydrogen (secondary N) is 1. The van der Waals surface area contributed by atoms with E-state index in [0.717, 1.165) is 34.3 Å². The van der Waals surface area contributed by atoms with Crippen LogP contribution in [-0.4, -0.2) is 48.3 Å².